The van der Waals surface area contributed by atoms with Gasteiger partial charge < -0.3 is 20.5 Å². The number of urea groups is 1. The third-order valence-electron chi connectivity index (χ3n) is 2.97. The maximum absolute atomic E-state index is 11.4. The summed E-state index contributed by atoms with van der Waals surface area (Å²) in [5.41, 5.74) is 0. The molecular formula is C12H24N2O3. The molecular weight excluding hydrogens is 220 g/mol. The van der Waals surface area contributed by atoms with Gasteiger partial charge in [0, 0.05) is 25.8 Å². The highest BCUT2D eigenvalue weighted by molar-refractivity contribution is 5.74. The van der Waals surface area contributed by atoms with Crippen molar-refractivity contribution in [2.24, 2.45) is 0 Å². The molecule has 1 saturated heterocycles. The van der Waals surface area contributed by atoms with Gasteiger partial charge in [-0.2, -0.15) is 0 Å². The molecule has 1 fully saturated rings. The first kappa shape index (κ1) is 14.3. The summed E-state index contributed by atoms with van der Waals surface area (Å²) in [6.45, 7) is 3.46. The average Bonchev–Trinajstić information content (AvgIpc) is 2.30. The standard InChI is InChI=1S/C12H24N2O3/c1-10(6-8-15)14-12(16)13-7-5-11-4-2-3-9-17-11/h10-11,15H,2-9H2,1H3,(H2,13,14,16). The van der Waals surface area contributed by atoms with Crippen molar-refractivity contribution in [2.75, 3.05) is 19.8 Å². The number of hydrogen-bond acceptors (Lipinski definition) is 3. The molecule has 1 aliphatic rings. The molecule has 1 aliphatic heterocycles. The molecule has 5 heteroatoms. The number of aliphatic hydroxyl groups is 1. The lowest BCUT2D eigenvalue weighted by molar-refractivity contribution is 0.0120. The van der Waals surface area contributed by atoms with Gasteiger partial charge >= 0.3 is 6.03 Å². The summed E-state index contributed by atoms with van der Waals surface area (Å²) in [6, 6.07) is -0.160. The predicted octanol–water partition coefficient (Wildman–Crippen LogP) is 1.02. The van der Waals surface area contributed by atoms with Crippen molar-refractivity contribution in [1.82, 2.24) is 10.6 Å². The summed E-state index contributed by atoms with van der Waals surface area (Å²) in [5.74, 6) is 0. The van der Waals surface area contributed by atoms with Crippen molar-refractivity contribution in [1.29, 1.82) is 0 Å². The van der Waals surface area contributed by atoms with E-state index in [9.17, 15) is 4.79 Å². The van der Waals surface area contributed by atoms with Crippen molar-refractivity contribution in [3.8, 4) is 0 Å². The Morgan fingerprint density at radius 2 is 2.35 bits per heavy atom. The van der Waals surface area contributed by atoms with Crippen molar-refractivity contribution in [2.45, 2.75) is 51.2 Å². The molecule has 100 valence electrons. The molecule has 2 amide bonds. The Kier molecular flexibility index (Phi) is 6.96. The van der Waals surface area contributed by atoms with Crippen LogP contribution >= 0.6 is 0 Å². The maximum Gasteiger partial charge on any atom is 0.314 e. The molecule has 2 atom stereocenters. The fourth-order valence-electron chi connectivity index (χ4n) is 1.92. The van der Waals surface area contributed by atoms with Gasteiger partial charge in [-0.1, -0.05) is 0 Å². The monoisotopic (exact) mass is 244 g/mol. The zero-order chi connectivity index (χ0) is 12.5. The summed E-state index contributed by atoms with van der Waals surface area (Å²) in [7, 11) is 0. The number of amides is 2. The van der Waals surface area contributed by atoms with Gasteiger partial charge in [-0.3, -0.25) is 0 Å². The first-order valence-corrected chi connectivity index (χ1v) is 6.49. The van der Waals surface area contributed by atoms with Crippen LogP contribution in [0.2, 0.25) is 0 Å². The second-order valence-corrected chi connectivity index (χ2v) is 4.59. The van der Waals surface area contributed by atoms with E-state index in [1.807, 2.05) is 6.92 Å². The Morgan fingerprint density at radius 1 is 1.53 bits per heavy atom. The number of aliphatic hydroxyl groups excluding tert-OH is 1. The van der Waals surface area contributed by atoms with Crippen LogP contribution in [0.3, 0.4) is 0 Å². The second-order valence-electron chi connectivity index (χ2n) is 4.59. The molecule has 0 aromatic rings. The van der Waals surface area contributed by atoms with Gasteiger partial charge in [0.2, 0.25) is 0 Å². The molecule has 0 aromatic carbocycles. The van der Waals surface area contributed by atoms with Crippen molar-refractivity contribution in [3.05, 3.63) is 0 Å². The zero-order valence-corrected chi connectivity index (χ0v) is 10.6. The van der Waals surface area contributed by atoms with E-state index in [-0.39, 0.29) is 18.7 Å². The first-order valence-electron chi connectivity index (χ1n) is 6.49. The number of carbonyl (C=O) groups excluding carboxylic acids is 1. The van der Waals surface area contributed by atoms with Crippen molar-refractivity contribution < 1.29 is 14.6 Å². The SMILES string of the molecule is CC(CCO)NC(=O)NCCC1CCCCO1. The van der Waals surface area contributed by atoms with Crippen LogP contribution < -0.4 is 10.6 Å². The molecule has 0 saturated carbocycles. The Morgan fingerprint density at radius 3 is 3.00 bits per heavy atom. The van der Waals surface area contributed by atoms with Crippen LogP contribution in [-0.4, -0.2) is 43.0 Å². The topological polar surface area (TPSA) is 70.6 Å². The quantitative estimate of drug-likeness (QED) is 0.653. The van der Waals surface area contributed by atoms with Gasteiger partial charge in [0.25, 0.3) is 0 Å². The number of nitrogens with one attached hydrogen (secondary N) is 2. The van der Waals surface area contributed by atoms with Crippen LogP contribution in [0, 0.1) is 0 Å². The molecule has 1 rings (SSSR count). The van der Waals surface area contributed by atoms with Crippen LogP contribution in [0.5, 0.6) is 0 Å². The molecule has 0 bridgehead atoms. The van der Waals surface area contributed by atoms with E-state index in [2.05, 4.69) is 10.6 Å². The molecule has 0 aromatic heterocycles. The van der Waals surface area contributed by atoms with E-state index in [4.69, 9.17) is 9.84 Å². The van der Waals surface area contributed by atoms with Crippen LogP contribution in [0.4, 0.5) is 4.79 Å². The predicted molar refractivity (Wildman–Crippen MR) is 65.9 cm³/mol. The van der Waals surface area contributed by atoms with E-state index in [1.54, 1.807) is 0 Å². The Bertz CT molecular complexity index is 218. The molecule has 17 heavy (non-hydrogen) atoms. The third kappa shape index (κ3) is 6.48. The van der Waals surface area contributed by atoms with Gasteiger partial charge in [0.05, 0.1) is 6.10 Å². The largest absolute Gasteiger partial charge is 0.396 e. The summed E-state index contributed by atoms with van der Waals surface area (Å²) < 4.78 is 5.57. The summed E-state index contributed by atoms with van der Waals surface area (Å²) in [5, 5.41) is 14.3. The summed E-state index contributed by atoms with van der Waals surface area (Å²) >= 11 is 0. The number of carbonyl (C=O) groups is 1. The smallest absolute Gasteiger partial charge is 0.314 e. The summed E-state index contributed by atoms with van der Waals surface area (Å²) in [6.07, 6.45) is 5.25. The third-order valence-corrected chi connectivity index (χ3v) is 2.97. The van der Waals surface area contributed by atoms with Crippen LogP contribution in [-0.2, 0) is 4.74 Å². The molecule has 0 radical (unpaired) electrons. The van der Waals surface area contributed by atoms with Crippen LogP contribution in [0.1, 0.15) is 39.0 Å². The van der Waals surface area contributed by atoms with Crippen LogP contribution in [0.15, 0.2) is 0 Å². The lowest BCUT2D eigenvalue weighted by Crippen LogP contribution is -2.42. The van der Waals surface area contributed by atoms with E-state index >= 15 is 0 Å². The first-order chi connectivity index (χ1) is 8.22. The van der Waals surface area contributed by atoms with Crippen molar-refractivity contribution >= 4 is 6.03 Å². The average molecular weight is 244 g/mol. The lowest BCUT2D eigenvalue weighted by atomic mass is 10.1. The molecule has 3 N–H and O–H groups in total. The minimum Gasteiger partial charge on any atom is -0.396 e. The zero-order valence-electron chi connectivity index (χ0n) is 10.6. The van der Waals surface area contributed by atoms with Gasteiger partial charge in [0.15, 0.2) is 0 Å². The fraction of sp³-hybridized carbons (Fsp3) is 0.917. The fourth-order valence-corrected chi connectivity index (χ4v) is 1.92. The Hall–Kier alpha value is -0.810. The normalized spacial score (nSPS) is 21.9. The van der Waals surface area contributed by atoms with E-state index < -0.39 is 0 Å². The Labute approximate surface area is 103 Å². The summed E-state index contributed by atoms with van der Waals surface area (Å²) in [4.78, 5) is 11.4. The highest BCUT2D eigenvalue weighted by Gasteiger charge is 2.13. The second kappa shape index (κ2) is 8.31. The van der Waals surface area contributed by atoms with Crippen LogP contribution in [0.25, 0.3) is 0 Å². The highest BCUT2D eigenvalue weighted by atomic mass is 16.5. The maximum atomic E-state index is 11.4. The van der Waals surface area contributed by atoms with Gasteiger partial charge in [-0.05, 0) is 39.0 Å². The minimum absolute atomic E-state index is 0.00549. The molecule has 5 nitrogen and oxygen atoms in total. The lowest BCUT2D eigenvalue weighted by Gasteiger charge is -2.22. The van der Waals surface area contributed by atoms with Gasteiger partial charge in [0.1, 0.15) is 0 Å². The molecule has 2 unspecified atom stereocenters. The van der Waals surface area contributed by atoms with Gasteiger partial charge in [-0.25, -0.2) is 4.79 Å². The molecule has 0 aliphatic carbocycles. The van der Waals surface area contributed by atoms with E-state index in [0.29, 0.717) is 19.1 Å². The minimum atomic E-state index is -0.165. The number of ether oxygens (including phenoxy) is 1. The van der Waals surface area contributed by atoms with Crippen molar-refractivity contribution in [3.63, 3.8) is 0 Å². The highest BCUT2D eigenvalue weighted by Crippen LogP contribution is 2.14. The van der Waals surface area contributed by atoms with E-state index in [1.165, 1.54) is 6.42 Å². The number of rotatable bonds is 6. The Balaban J connectivity index is 2.03. The molecule has 1 heterocycles. The van der Waals surface area contributed by atoms with Gasteiger partial charge in [-0.15, -0.1) is 0 Å². The van der Waals surface area contributed by atoms with E-state index in [0.717, 1.165) is 25.9 Å². The number of hydrogen-bond donors (Lipinski definition) is 3. The molecule has 0 spiro atoms.